The average Bonchev–Trinajstić information content (AvgIpc) is 2.50. The molecule has 7 heteroatoms. The largest absolute Gasteiger partial charge is 0.481 e. The number of carbonyl (C=O) groups is 1. The molecule has 2 aliphatic heterocycles. The second-order valence-corrected chi connectivity index (χ2v) is 6.45. The number of carboxylic acid groups (broad SMARTS) is 1. The van der Waals surface area contributed by atoms with Crippen molar-refractivity contribution in [3.8, 4) is 0 Å². The first-order valence-corrected chi connectivity index (χ1v) is 8.05. The Kier molecular flexibility index (Phi) is 6.17. The molecule has 2 aliphatic rings. The van der Waals surface area contributed by atoms with E-state index in [0.717, 1.165) is 26.1 Å². The zero-order chi connectivity index (χ0) is 16.3. The van der Waals surface area contributed by atoms with Crippen LogP contribution < -0.4 is 0 Å². The van der Waals surface area contributed by atoms with Gasteiger partial charge in [-0.3, -0.25) is 4.79 Å². The fourth-order valence-corrected chi connectivity index (χ4v) is 3.29. The second-order valence-electron chi connectivity index (χ2n) is 6.45. The molecular weight excluding hydrogens is 290 g/mol. The normalized spacial score (nSPS) is 38.1. The van der Waals surface area contributed by atoms with Gasteiger partial charge in [0.1, 0.15) is 18.3 Å². The molecule has 2 heterocycles. The van der Waals surface area contributed by atoms with Gasteiger partial charge >= 0.3 is 5.97 Å². The molecule has 0 radical (unpaired) electrons. The number of hydrogen-bond acceptors (Lipinski definition) is 6. The number of likely N-dealkylation sites (tertiary alicyclic amines) is 1. The average molecular weight is 317 g/mol. The number of piperidine rings is 1. The third-order valence-electron chi connectivity index (χ3n) is 4.85. The van der Waals surface area contributed by atoms with E-state index in [1.54, 1.807) is 6.92 Å². The van der Waals surface area contributed by atoms with Crippen molar-refractivity contribution in [2.45, 2.75) is 63.1 Å². The third kappa shape index (κ3) is 4.17. The summed E-state index contributed by atoms with van der Waals surface area (Å²) in [7, 11) is 0. The van der Waals surface area contributed by atoms with Crippen LogP contribution in [0.5, 0.6) is 0 Å². The molecule has 22 heavy (non-hydrogen) atoms. The van der Waals surface area contributed by atoms with E-state index in [4.69, 9.17) is 9.84 Å². The van der Waals surface area contributed by atoms with Crippen LogP contribution in [-0.2, 0) is 9.53 Å². The van der Waals surface area contributed by atoms with E-state index in [-0.39, 0.29) is 5.92 Å². The van der Waals surface area contributed by atoms with Crippen molar-refractivity contribution in [3.05, 3.63) is 0 Å². The minimum Gasteiger partial charge on any atom is -0.481 e. The summed E-state index contributed by atoms with van der Waals surface area (Å²) in [6.07, 6.45) is -1.48. The Bertz CT molecular complexity index is 371. The lowest BCUT2D eigenvalue weighted by Gasteiger charge is -2.39. The summed E-state index contributed by atoms with van der Waals surface area (Å²) in [5.74, 6) is -0.933. The molecule has 0 aromatic rings. The molecule has 2 rings (SSSR count). The first kappa shape index (κ1) is 17.6. The molecule has 0 aromatic heterocycles. The van der Waals surface area contributed by atoms with Gasteiger partial charge in [-0.05, 0) is 52.2 Å². The number of aliphatic hydroxyl groups excluding tert-OH is 3. The number of nitrogens with zero attached hydrogens (tertiary/aromatic N) is 1. The number of carboxylic acids is 1. The molecule has 0 aromatic carbocycles. The van der Waals surface area contributed by atoms with Gasteiger partial charge in [0.2, 0.25) is 0 Å². The molecule has 0 amide bonds. The van der Waals surface area contributed by atoms with Gasteiger partial charge < -0.3 is 30.1 Å². The molecular formula is C15H27NO6. The highest BCUT2D eigenvalue weighted by molar-refractivity contribution is 5.70. The lowest BCUT2D eigenvalue weighted by Crippen LogP contribution is -2.56. The summed E-state index contributed by atoms with van der Waals surface area (Å²) < 4.78 is 5.56. The molecule has 4 N–H and O–H groups in total. The van der Waals surface area contributed by atoms with Crippen LogP contribution in [0.15, 0.2) is 0 Å². The summed E-state index contributed by atoms with van der Waals surface area (Å²) in [5, 5.41) is 38.3. The topological polar surface area (TPSA) is 110 Å². The van der Waals surface area contributed by atoms with Crippen LogP contribution in [0.2, 0.25) is 0 Å². The molecule has 4 unspecified atom stereocenters. The van der Waals surface area contributed by atoms with E-state index < -0.39 is 36.5 Å². The van der Waals surface area contributed by atoms with Crippen molar-refractivity contribution < 1.29 is 30.0 Å². The van der Waals surface area contributed by atoms with E-state index in [9.17, 15) is 20.1 Å². The monoisotopic (exact) mass is 317 g/mol. The van der Waals surface area contributed by atoms with Crippen LogP contribution in [0.3, 0.4) is 0 Å². The standard InChI is InChI=1S/C15H27NO6/c1-9-12(17)14(19)13(18)11(22-9)3-2-6-16-7-4-10(5-8-16)15(20)21/h9-14,17-19H,2-8H2,1H3,(H,20,21)/t9?,11-,12?,13?,14?/m0/s1. The van der Waals surface area contributed by atoms with Crippen molar-refractivity contribution in [3.63, 3.8) is 0 Å². The van der Waals surface area contributed by atoms with E-state index in [2.05, 4.69) is 4.90 Å². The van der Waals surface area contributed by atoms with Crippen molar-refractivity contribution in [1.82, 2.24) is 4.90 Å². The fourth-order valence-electron chi connectivity index (χ4n) is 3.29. The first-order chi connectivity index (χ1) is 10.4. The zero-order valence-electron chi connectivity index (χ0n) is 13.0. The highest BCUT2D eigenvalue weighted by Gasteiger charge is 2.41. The van der Waals surface area contributed by atoms with Gasteiger partial charge in [0, 0.05) is 0 Å². The molecule has 7 nitrogen and oxygen atoms in total. The SMILES string of the molecule is CC1O[C@@H](CCCN2CCC(C(=O)O)CC2)C(O)C(O)C1O. The summed E-state index contributed by atoms with van der Waals surface area (Å²) in [5.41, 5.74) is 0. The van der Waals surface area contributed by atoms with Crippen LogP contribution in [0.4, 0.5) is 0 Å². The maximum Gasteiger partial charge on any atom is 0.306 e. The highest BCUT2D eigenvalue weighted by Crippen LogP contribution is 2.24. The number of aliphatic hydroxyl groups is 3. The number of aliphatic carboxylic acids is 1. The van der Waals surface area contributed by atoms with Gasteiger partial charge in [-0.2, -0.15) is 0 Å². The zero-order valence-corrected chi connectivity index (χ0v) is 13.0. The summed E-state index contributed by atoms with van der Waals surface area (Å²) >= 11 is 0. The van der Waals surface area contributed by atoms with Crippen molar-refractivity contribution in [2.24, 2.45) is 5.92 Å². The Morgan fingerprint density at radius 1 is 1.14 bits per heavy atom. The molecule has 0 saturated carbocycles. The summed E-state index contributed by atoms with van der Waals surface area (Å²) in [6.45, 7) is 4.07. The Balaban J connectivity index is 1.69. The quantitative estimate of drug-likeness (QED) is 0.537. The second kappa shape index (κ2) is 7.70. The van der Waals surface area contributed by atoms with Gasteiger partial charge in [0.05, 0.1) is 18.1 Å². The minimum atomic E-state index is -1.17. The molecule has 2 fully saturated rings. The van der Waals surface area contributed by atoms with E-state index >= 15 is 0 Å². The predicted molar refractivity (Wildman–Crippen MR) is 78.4 cm³/mol. The molecule has 0 spiro atoms. The predicted octanol–water partition coefficient (Wildman–Crippen LogP) is -0.567. The van der Waals surface area contributed by atoms with Crippen LogP contribution in [0.25, 0.3) is 0 Å². The Morgan fingerprint density at radius 2 is 1.77 bits per heavy atom. The highest BCUT2D eigenvalue weighted by atomic mass is 16.5. The fraction of sp³-hybridized carbons (Fsp3) is 0.933. The van der Waals surface area contributed by atoms with Gasteiger partial charge in [-0.1, -0.05) is 0 Å². The van der Waals surface area contributed by atoms with Crippen molar-refractivity contribution >= 4 is 5.97 Å². The van der Waals surface area contributed by atoms with Crippen molar-refractivity contribution in [2.75, 3.05) is 19.6 Å². The van der Waals surface area contributed by atoms with Gasteiger partial charge in [0.15, 0.2) is 0 Å². The Labute approximate surface area is 130 Å². The molecule has 2 saturated heterocycles. The Morgan fingerprint density at radius 3 is 2.36 bits per heavy atom. The molecule has 0 bridgehead atoms. The molecule has 5 atom stereocenters. The summed E-state index contributed by atoms with van der Waals surface area (Å²) in [4.78, 5) is 13.1. The maximum absolute atomic E-state index is 10.9. The molecule has 128 valence electrons. The van der Waals surface area contributed by atoms with E-state index in [1.165, 1.54) is 0 Å². The van der Waals surface area contributed by atoms with E-state index in [1.807, 2.05) is 0 Å². The minimum absolute atomic E-state index is 0.225. The van der Waals surface area contributed by atoms with Gasteiger partial charge in [-0.25, -0.2) is 0 Å². The van der Waals surface area contributed by atoms with Gasteiger partial charge in [-0.15, -0.1) is 0 Å². The van der Waals surface area contributed by atoms with Gasteiger partial charge in [0.25, 0.3) is 0 Å². The first-order valence-electron chi connectivity index (χ1n) is 8.05. The van der Waals surface area contributed by atoms with Crippen LogP contribution in [-0.4, -0.2) is 81.4 Å². The van der Waals surface area contributed by atoms with Crippen LogP contribution >= 0.6 is 0 Å². The third-order valence-corrected chi connectivity index (χ3v) is 4.85. The number of rotatable bonds is 5. The van der Waals surface area contributed by atoms with Crippen molar-refractivity contribution in [1.29, 1.82) is 0 Å². The lowest BCUT2D eigenvalue weighted by atomic mass is 9.93. The molecule has 0 aliphatic carbocycles. The van der Waals surface area contributed by atoms with Crippen LogP contribution in [0, 0.1) is 5.92 Å². The maximum atomic E-state index is 10.9. The van der Waals surface area contributed by atoms with E-state index in [0.29, 0.717) is 19.3 Å². The lowest BCUT2D eigenvalue weighted by molar-refractivity contribution is -0.218. The summed E-state index contributed by atoms with van der Waals surface area (Å²) in [6, 6.07) is 0. The number of ether oxygens (including phenoxy) is 1. The Hall–Kier alpha value is -0.730. The smallest absolute Gasteiger partial charge is 0.306 e. The van der Waals surface area contributed by atoms with Crippen LogP contribution in [0.1, 0.15) is 32.6 Å². The number of hydrogen-bond donors (Lipinski definition) is 4.